The van der Waals surface area contributed by atoms with Gasteiger partial charge in [0, 0.05) is 23.5 Å². The van der Waals surface area contributed by atoms with Gasteiger partial charge in [-0.2, -0.15) is 0 Å². The van der Waals surface area contributed by atoms with E-state index in [1.165, 1.54) is 25.7 Å². The van der Waals surface area contributed by atoms with Crippen molar-refractivity contribution in [2.75, 3.05) is 6.61 Å². The van der Waals surface area contributed by atoms with Crippen LogP contribution in [0.3, 0.4) is 0 Å². The van der Waals surface area contributed by atoms with Crippen LogP contribution in [0.1, 0.15) is 72.3 Å². The van der Waals surface area contributed by atoms with Crippen molar-refractivity contribution in [2.45, 2.75) is 90.8 Å². The first-order valence-electron chi connectivity index (χ1n) is 14.5. The summed E-state index contributed by atoms with van der Waals surface area (Å²) in [4.78, 5) is 33.7. The van der Waals surface area contributed by atoms with Crippen molar-refractivity contribution in [2.24, 2.45) is 5.73 Å². The molecule has 2 atom stereocenters. The van der Waals surface area contributed by atoms with Crippen LogP contribution in [0.15, 0.2) is 60.9 Å². The lowest BCUT2D eigenvalue weighted by atomic mass is 10.0. The van der Waals surface area contributed by atoms with E-state index in [0.717, 1.165) is 41.0 Å². The second-order valence-electron chi connectivity index (χ2n) is 11.4. The van der Waals surface area contributed by atoms with E-state index in [0.29, 0.717) is 12.2 Å². The molecule has 0 spiro atoms. The van der Waals surface area contributed by atoms with Gasteiger partial charge < -0.3 is 20.5 Å². The van der Waals surface area contributed by atoms with Crippen molar-refractivity contribution in [1.82, 2.24) is 15.3 Å². The maximum Gasteiger partial charge on any atom is 0.328 e. The number of unbranched alkanes of at least 4 members (excludes halogenated alkanes) is 4. The van der Waals surface area contributed by atoms with Gasteiger partial charge in [0.05, 0.1) is 12.6 Å². The number of nitrogens with two attached hydrogens (primary N) is 1. The number of esters is 1. The molecular formula is C33H44N4O4. The van der Waals surface area contributed by atoms with Crippen LogP contribution in [-0.2, 0) is 20.7 Å². The van der Waals surface area contributed by atoms with Crippen molar-refractivity contribution in [1.29, 1.82) is 0 Å². The fraction of sp³-hybridized carbons (Fsp3) is 0.455. The minimum Gasteiger partial charge on any atom is -0.494 e. The van der Waals surface area contributed by atoms with E-state index in [1.54, 1.807) is 27.7 Å². The highest BCUT2D eigenvalue weighted by Crippen LogP contribution is 2.23. The highest BCUT2D eigenvalue weighted by molar-refractivity contribution is 5.87. The smallest absolute Gasteiger partial charge is 0.328 e. The van der Waals surface area contributed by atoms with Crippen molar-refractivity contribution in [3.63, 3.8) is 0 Å². The molecule has 0 fully saturated rings. The van der Waals surface area contributed by atoms with Gasteiger partial charge >= 0.3 is 5.97 Å². The van der Waals surface area contributed by atoms with Crippen molar-refractivity contribution in [3.8, 4) is 28.3 Å². The molecule has 220 valence electrons. The third-order valence-electron chi connectivity index (χ3n) is 6.48. The molecule has 3 rings (SSSR count). The number of nitrogens with zero attached hydrogens (tertiary/aromatic N) is 2. The molecule has 3 aromatic rings. The fourth-order valence-electron chi connectivity index (χ4n) is 4.17. The summed E-state index contributed by atoms with van der Waals surface area (Å²) in [7, 11) is 0. The number of carbonyl (C=O) groups is 2. The van der Waals surface area contributed by atoms with E-state index < -0.39 is 29.6 Å². The van der Waals surface area contributed by atoms with Gasteiger partial charge in [-0.3, -0.25) is 4.79 Å². The van der Waals surface area contributed by atoms with Crippen molar-refractivity contribution < 1.29 is 19.1 Å². The number of hydrogen-bond acceptors (Lipinski definition) is 7. The Kier molecular flexibility index (Phi) is 11.8. The minimum atomic E-state index is -0.802. The van der Waals surface area contributed by atoms with E-state index in [2.05, 4.69) is 22.2 Å². The largest absolute Gasteiger partial charge is 0.494 e. The molecule has 3 N–H and O–H groups in total. The number of nitrogens with one attached hydrogen (secondary N) is 1. The monoisotopic (exact) mass is 560 g/mol. The lowest BCUT2D eigenvalue weighted by molar-refractivity contribution is -0.158. The van der Waals surface area contributed by atoms with Crippen LogP contribution < -0.4 is 15.8 Å². The highest BCUT2D eigenvalue weighted by Gasteiger charge is 2.25. The summed E-state index contributed by atoms with van der Waals surface area (Å²) >= 11 is 0. The Labute approximate surface area is 244 Å². The third kappa shape index (κ3) is 10.6. The first-order valence-corrected chi connectivity index (χ1v) is 14.5. The molecule has 1 aromatic heterocycles. The molecule has 0 aliphatic heterocycles. The zero-order valence-corrected chi connectivity index (χ0v) is 25.0. The molecule has 8 nitrogen and oxygen atoms in total. The molecule has 0 radical (unpaired) electrons. The molecule has 0 bridgehead atoms. The molecule has 8 heteroatoms. The molecular weight excluding hydrogens is 516 g/mol. The molecule has 1 unspecified atom stereocenters. The maximum absolute atomic E-state index is 12.5. The van der Waals surface area contributed by atoms with Gasteiger partial charge in [-0.05, 0) is 63.8 Å². The Morgan fingerprint density at radius 1 is 0.878 bits per heavy atom. The Morgan fingerprint density at radius 3 is 2.10 bits per heavy atom. The highest BCUT2D eigenvalue weighted by atomic mass is 16.6. The molecule has 0 aliphatic carbocycles. The van der Waals surface area contributed by atoms with Gasteiger partial charge in [0.15, 0.2) is 5.82 Å². The first-order chi connectivity index (χ1) is 19.6. The van der Waals surface area contributed by atoms with Gasteiger partial charge in [0.25, 0.3) is 0 Å². The molecule has 41 heavy (non-hydrogen) atoms. The second-order valence-corrected chi connectivity index (χ2v) is 11.4. The van der Waals surface area contributed by atoms with Gasteiger partial charge in [0.2, 0.25) is 5.91 Å². The number of aromatic nitrogens is 2. The van der Waals surface area contributed by atoms with Crippen LogP contribution in [0.4, 0.5) is 0 Å². The molecule has 1 heterocycles. The summed E-state index contributed by atoms with van der Waals surface area (Å²) in [6.45, 7) is 9.88. The topological polar surface area (TPSA) is 116 Å². The Morgan fingerprint density at radius 2 is 1.49 bits per heavy atom. The van der Waals surface area contributed by atoms with Crippen molar-refractivity contribution >= 4 is 11.9 Å². The summed E-state index contributed by atoms with van der Waals surface area (Å²) < 4.78 is 11.2. The zero-order chi connectivity index (χ0) is 29.8. The number of ether oxygens (including phenoxy) is 2. The van der Waals surface area contributed by atoms with Crippen LogP contribution in [0.5, 0.6) is 5.75 Å². The number of rotatable bonds is 14. The summed E-state index contributed by atoms with van der Waals surface area (Å²) in [5.74, 6) is 0.574. The van der Waals surface area contributed by atoms with E-state index in [9.17, 15) is 9.59 Å². The Hall–Kier alpha value is -3.78. The average Bonchev–Trinajstić information content (AvgIpc) is 2.95. The standard InChI is InChI=1S/C33H44N4O4/c1-6-7-8-9-10-19-40-28-17-15-25(16-18-28)27-21-35-30(36-22-27)26-13-11-24(12-14-26)20-29(34)31(38)37-23(2)32(39)41-33(3,4)5/h11-18,21-23,29H,6-10,19-20,34H2,1-5H3,(H,37,38)/t23?,29-/m0/s1. The van der Waals surface area contributed by atoms with Crippen LogP contribution in [0.2, 0.25) is 0 Å². The van der Waals surface area contributed by atoms with Gasteiger partial charge in [-0.15, -0.1) is 0 Å². The zero-order valence-electron chi connectivity index (χ0n) is 25.0. The van der Waals surface area contributed by atoms with Crippen LogP contribution in [0.25, 0.3) is 22.5 Å². The Bertz CT molecular complexity index is 1240. The Balaban J connectivity index is 1.50. The van der Waals surface area contributed by atoms with Gasteiger partial charge in [-0.25, -0.2) is 14.8 Å². The van der Waals surface area contributed by atoms with Gasteiger partial charge in [0.1, 0.15) is 17.4 Å². The quantitative estimate of drug-likeness (QED) is 0.187. The lowest BCUT2D eigenvalue weighted by Crippen LogP contribution is -2.49. The lowest BCUT2D eigenvalue weighted by Gasteiger charge is -2.23. The van der Waals surface area contributed by atoms with Crippen LogP contribution >= 0.6 is 0 Å². The second kappa shape index (κ2) is 15.3. The number of hydrogen-bond donors (Lipinski definition) is 2. The van der Waals surface area contributed by atoms with E-state index in [-0.39, 0.29) is 0 Å². The van der Waals surface area contributed by atoms with Gasteiger partial charge in [-0.1, -0.05) is 69.0 Å². The normalized spacial score (nSPS) is 12.8. The van der Waals surface area contributed by atoms with Crippen molar-refractivity contribution in [3.05, 3.63) is 66.5 Å². The summed E-state index contributed by atoms with van der Waals surface area (Å²) in [6, 6.07) is 14.0. The third-order valence-corrected chi connectivity index (χ3v) is 6.48. The molecule has 0 saturated carbocycles. The minimum absolute atomic E-state index is 0.325. The van der Waals surface area contributed by atoms with Crippen LogP contribution in [0, 0.1) is 0 Å². The number of benzene rings is 2. The summed E-state index contributed by atoms with van der Waals surface area (Å²) in [5.41, 5.74) is 9.18. The first kappa shape index (κ1) is 31.7. The van der Waals surface area contributed by atoms with E-state index in [1.807, 2.05) is 60.9 Å². The predicted octanol–water partition coefficient (Wildman–Crippen LogP) is 5.88. The molecule has 0 aliphatic rings. The molecule has 0 saturated heterocycles. The number of carbonyl (C=O) groups excluding carboxylic acids is 2. The molecule has 1 amide bonds. The summed E-state index contributed by atoms with van der Waals surface area (Å²) in [5, 5.41) is 2.63. The SMILES string of the molecule is CCCCCCCOc1ccc(-c2cnc(-c3ccc(C[C@H](N)C(=O)NC(C)C(=O)OC(C)(C)C)cc3)nc2)cc1. The van der Waals surface area contributed by atoms with E-state index in [4.69, 9.17) is 15.2 Å². The van der Waals surface area contributed by atoms with E-state index >= 15 is 0 Å². The molecule has 2 aromatic carbocycles. The fourth-order valence-corrected chi connectivity index (χ4v) is 4.17. The average molecular weight is 561 g/mol. The maximum atomic E-state index is 12.5. The van der Waals surface area contributed by atoms with Crippen LogP contribution in [-0.4, -0.2) is 46.1 Å². The predicted molar refractivity (Wildman–Crippen MR) is 162 cm³/mol. The number of amides is 1. The summed E-state index contributed by atoms with van der Waals surface area (Å²) in [6.07, 6.45) is 10.0.